The third kappa shape index (κ3) is 3.87. The molecule has 2 fully saturated rings. The van der Waals surface area contributed by atoms with Gasteiger partial charge in [-0.1, -0.05) is 0 Å². The molecule has 1 N–H and O–H groups in total. The zero-order chi connectivity index (χ0) is 24.9. The van der Waals surface area contributed by atoms with Gasteiger partial charge in [0.25, 0.3) is 0 Å². The van der Waals surface area contributed by atoms with E-state index in [0.29, 0.717) is 30.0 Å². The molecule has 0 spiro atoms. The van der Waals surface area contributed by atoms with Gasteiger partial charge in [-0.2, -0.15) is 5.10 Å². The topological polar surface area (TPSA) is 69.8 Å². The summed E-state index contributed by atoms with van der Waals surface area (Å²) in [5, 5.41) is 14.2. The fraction of sp³-hybridized carbons (Fsp3) is 0.370. The van der Waals surface area contributed by atoms with Crippen LogP contribution in [0.5, 0.6) is 0 Å². The zero-order valence-corrected chi connectivity index (χ0v) is 20.1. The number of aromatic nitrogens is 4. The van der Waals surface area contributed by atoms with Gasteiger partial charge in [0.2, 0.25) is 0 Å². The van der Waals surface area contributed by atoms with Crippen LogP contribution in [0.3, 0.4) is 0 Å². The normalized spacial score (nSPS) is 21.0. The largest absolute Gasteiger partial charge is 0.393 e. The molecule has 3 aromatic heterocycles. The van der Waals surface area contributed by atoms with Crippen molar-refractivity contribution in [1.29, 1.82) is 0 Å². The van der Waals surface area contributed by atoms with E-state index >= 15 is 0 Å². The zero-order valence-electron chi connectivity index (χ0n) is 20.1. The van der Waals surface area contributed by atoms with Crippen LogP contribution in [-0.2, 0) is 5.54 Å². The Morgan fingerprint density at radius 3 is 2.61 bits per heavy atom. The number of piperidine rings is 1. The molecular weight excluding hydrogens is 462 g/mol. The molecule has 1 atom stereocenters. The maximum Gasteiger partial charge on any atom is 0.165 e. The molecule has 0 amide bonds. The number of hydrogen-bond acceptors (Lipinski definition) is 6. The lowest BCUT2D eigenvalue weighted by Crippen LogP contribution is -2.40. The van der Waals surface area contributed by atoms with E-state index in [2.05, 4.69) is 19.9 Å². The number of nitrogens with zero attached hydrogens (tertiary/aromatic N) is 6. The Kier molecular flexibility index (Phi) is 5.59. The van der Waals surface area contributed by atoms with Crippen molar-refractivity contribution in [3.05, 3.63) is 72.2 Å². The van der Waals surface area contributed by atoms with Gasteiger partial charge in [0.05, 0.1) is 17.8 Å². The molecule has 1 aromatic carbocycles. The number of pyridine rings is 1. The van der Waals surface area contributed by atoms with Crippen LogP contribution in [0.4, 0.5) is 20.4 Å². The molecule has 4 aromatic rings. The van der Waals surface area contributed by atoms with Crippen molar-refractivity contribution in [2.24, 2.45) is 0 Å². The second-order valence-electron chi connectivity index (χ2n) is 9.89. The summed E-state index contributed by atoms with van der Waals surface area (Å²) < 4.78 is 30.5. The van der Waals surface area contributed by atoms with Crippen LogP contribution in [-0.4, -0.2) is 50.4 Å². The molecule has 186 valence electrons. The maximum absolute atomic E-state index is 14.8. The van der Waals surface area contributed by atoms with E-state index in [4.69, 9.17) is 4.98 Å². The number of aliphatic hydroxyl groups excluding tert-OH is 1. The van der Waals surface area contributed by atoms with Gasteiger partial charge in [-0.3, -0.25) is 0 Å². The van der Waals surface area contributed by atoms with Crippen LogP contribution in [0.2, 0.25) is 0 Å². The predicted molar refractivity (Wildman–Crippen MR) is 134 cm³/mol. The quantitative estimate of drug-likeness (QED) is 0.453. The number of halogens is 2. The molecule has 0 aliphatic carbocycles. The lowest BCUT2D eigenvalue weighted by Gasteiger charge is -2.37. The maximum atomic E-state index is 14.8. The Labute approximate surface area is 208 Å². The lowest BCUT2D eigenvalue weighted by atomic mass is 9.88. The number of aliphatic hydroxyl groups is 1. The average molecular weight is 491 g/mol. The SMILES string of the molecule is C[C@]1(c2cc(F)ccc2F)CCCN1c1ccn2ncc(-c3ccc(N4CCC(O)CC4)nc3)c2n1. The van der Waals surface area contributed by atoms with Crippen molar-refractivity contribution in [3.63, 3.8) is 0 Å². The monoisotopic (exact) mass is 490 g/mol. The predicted octanol–water partition coefficient (Wildman–Crippen LogP) is 4.55. The average Bonchev–Trinajstić information content (AvgIpc) is 3.50. The number of rotatable bonds is 4. The first-order chi connectivity index (χ1) is 17.4. The summed E-state index contributed by atoms with van der Waals surface area (Å²) in [5.74, 6) is 0.731. The molecule has 36 heavy (non-hydrogen) atoms. The summed E-state index contributed by atoms with van der Waals surface area (Å²) in [4.78, 5) is 13.8. The van der Waals surface area contributed by atoms with Gasteiger partial charge in [0, 0.05) is 48.7 Å². The Balaban J connectivity index is 1.33. The molecule has 0 radical (unpaired) electrons. The summed E-state index contributed by atoms with van der Waals surface area (Å²) in [6.07, 6.45) is 8.27. The van der Waals surface area contributed by atoms with Crippen molar-refractivity contribution in [2.75, 3.05) is 29.4 Å². The van der Waals surface area contributed by atoms with Gasteiger partial charge in [0.1, 0.15) is 23.3 Å². The van der Waals surface area contributed by atoms with E-state index in [1.165, 1.54) is 12.1 Å². The first kappa shape index (κ1) is 22.8. The Morgan fingerprint density at radius 1 is 1.00 bits per heavy atom. The summed E-state index contributed by atoms with van der Waals surface area (Å²) in [6.45, 7) is 4.22. The van der Waals surface area contributed by atoms with Crippen LogP contribution in [0, 0.1) is 11.6 Å². The van der Waals surface area contributed by atoms with Crippen LogP contribution in [0.1, 0.15) is 38.2 Å². The number of fused-ring (bicyclic) bond motifs is 1. The van der Waals surface area contributed by atoms with Gasteiger partial charge < -0.3 is 14.9 Å². The second kappa shape index (κ2) is 8.81. The Morgan fingerprint density at radius 2 is 1.83 bits per heavy atom. The lowest BCUT2D eigenvalue weighted by molar-refractivity contribution is 0.145. The van der Waals surface area contributed by atoms with E-state index in [1.54, 1.807) is 10.7 Å². The molecule has 9 heteroatoms. The first-order valence-corrected chi connectivity index (χ1v) is 12.4. The molecule has 2 saturated heterocycles. The standard InChI is InChI=1S/C27H28F2N6O/c1-27(22-15-19(28)4-5-23(22)29)10-2-11-34(27)25-9-14-35-26(32-25)21(17-31-35)18-3-6-24(30-16-18)33-12-7-20(36)8-13-33/h3-6,9,14-17,20,36H,2,7-8,10-13H2,1H3/t27-/m1/s1. The molecule has 6 rings (SSSR count). The fourth-order valence-corrected chi connectivity index (χ4v) is 5.56. The van der Waals surface area contributed by atoms with Gasteiger partial charge in [-0.05, 0) is 69.0 Å². The number of hydrogen-bond donors (Lipinski definition) is 1. The van der Waals surface area contributed by atoms with Crippen molar-refractivity contribution < 1.29 is 13.9 Å². The summed E-state index contributed by atoms with van der Waals surface area (Å²) in [5.41, 5.74) is 2.07. The molecule has 0 bridgehead atoms. The smallest absolute Gasteiger partial charge is 0.165 e. The van der Waals surface area contributed by atoms with Crippen molar-refractivity contribution in [1.82, 2.24) is 19.6 Å². The van der Waals surface area contributed by atoms with Gasteiger partial charge in [-0.25, -0.2) is 23.3 Å². The number of anilines is 2. The highest BCUT2D eigenvalue weighted by Crippen LogP contribution is 2.42. The number of benzene rings is 1. The van der Waals surface area contributed by atoms with E-state index in [-0.39, 0.29) is 6.10 Å². The molecule has 7 nitrogen and oxygen atoms in total. The minimum absolute atomic E-state index is 0.227. The minimum Gasteiger partial charge on any atom is -0.393 e. The molecule has 2 aliphatic rings. The molecule has 5 heterocycles. The summed E-state index contributed by atoms with van der Waals surface area (Å²) >= 11 is 0. The molecule has 0 saturated carbocycles. The fourth-order valence-electron chi connectivity index (χ4n) is 5.56. The van der Waals surface area contributed by atoms with Crippen molar-refractivity contribution in [3.8, 4) is 11.1 Å². The Hall–Kier alpha value is -3.59. The van der Waals surface area contributed by atoms with E-state index in [0.717, 1.165) is 55.4 Å². The van der Waals surface area contributed by atoms with Crippen molar-refractivity contribution >= 4 is 17.3 Å². The summed E-state index contributed by atoms with van der Waals surface area (Å²) in [6, 6.07) is 9.52. The molecule has 0 unspecified atom stereocenters. The second-order valence-corrected chi connectivity index (χ2v) is 9.89. The highest BCUT2D eigenvalue weighted by Gasteiger charge is 2.41. The van der Waals surface area contributed by atoms with Crippen molar-refractivity contribution in [2.45, 2.75) is 44.2 Å². The highest BCUT2D eigenvalue weighted by atomic mass is 19.1. The van der Waals surface area contributed by atoms with Crippen LogP contribution in [0.25, 0.3) is 16.8 Å². The molecular formula is C27H28F2N6O. The first-order valence-electron chi connectivity index (χ1n) is 12.4. The van der Waals surface area contributed by atoms with Gasteiger partial charge in [-0.15, -0.1) is 0 Å². The van der Waals surface area contributed by atoms with Gasteiger partial charge in [0.15, 0.2) is 5.65 Å². The highest BCUT2D eigenvalue weighted by molar-refractivity contribution is 5.78. The molecule has 2 aliphatic heterocycles. The van der Waals surface area contributed by atoms with E-state index in [9.17, 15) is 13.9 Å². The van der Waals surface area contributed by atoms with Crippen LogP contribution >= 0.6 is 0 Å². The van der Waals surface area contributed by atoms with Crippen LogP contribution < -0.4 is 9.80 Å². The van der Waals surface area contributed by atoms with Crippen LogP contribution in [0.15, 0.2) is 55.0 Å². The minimum atomic E-state index is -0.705. The summed E-state index contributed by atoms with van der Waals surface area (Å²) in [7, 11) is 0. The third-order valence-corrected chi connectivity index (χ3v) is 7.63. The van der Waals surface area contributed by atoms with E-state index < -0.39 is 17.2 Å². The Bertz CT molecular complexity index is 1400. The third-order valence-electron chi connectivity index (χ3n) is 7.63. The van der Waals surface area contributed by atoms with E-state index in [1.807, 2.05) is 37.5 Å². The van der Waals surface area contributed by atoms with Gasteiger partial charge >= 0.3 is 0 Å².